The Kier molecular flexibility index (Phi) is 4.90. The van der Waals surface area contributed by atoms with Crippen LogP contribution >= 0.6 is 0 Å². The molecule has 0 saturated carbocycles. The van der Waals surface area contributed by atoms with Gasteiger partial charge in [0.15, 0.2) is 0 Å². The summed E-state index contributed by atoms with van der Waals surface area (Å²) in [6.45, 7) is -0.0736. The van der Waals surface area contributed by atoms with Crippen LogP contribution in [0.5, 0.6) is 0 Å². The van der Waals surface area contributed by atoms with Crippen molar-refractivity contribution in [2.45, 2.75) is 19.1 Å². The molecule has 2 aliphatic rings. The highest BCUT2D eigenvalue weighted by Gasteiger charge is 2.53. The van der Waals surface area contributed by atoms with Crippen molar-refractivity contribution in [3.05, 3.63) is 71.8 Å². The molecule has 8 nitrogen and oxygen atoms in total. The van der Waals surface area contributed by atoms with Crippen molar-refractivity contribution in [1.29, 1.82) is 0 Å². The molecule has 146 valence electrons. The molecule has 2 aliphatic heterocycles. The summed E-state index contributed by atoms with van der Waals surface area (Å²) < 4.78 is 1.73. The van der Waals surface area contributed by atoms with E-state index in [4.69, 9.17) is 0 Å². The van der Waals surface area contributed by atoms with Crippen LogP contribution in [-0.2, 0) is 22.7 Å². The Bertz CT molecular complexity index is 1020. The van der Waals surface area contributed by atoms with Gasteiger partial charge in [-0.1, -0.05) is 60.7 Å². The van der Waals surface area contributed by atoms with Crippen molar-refractivity contribution in [2.75, 3.05) is 6.54 Å². The lowest BCUT2D eigenvalue weighted by molar-refractivity contribution is -0.547. The second kappa shape index (κ2) is 7.67. The van der Waals surface area contributed by atoms with Crippen LogP contribution in [0.3, 0.4) is 0 Å². The largest absolute Gasteiger partial charge is 0.480 e. The lowest BCUT2D eigenvalue weighted by Crippen LogP contribution is -2.64. The molecule has 2 heterocycles. The van der Waals surface area contributed by atoms with Crippen LogP contribution in [0.15, 0.2) is 65.7 Å². The first-order chi connectivity index (χ1) is 14.0. The van der Waals surface area contributed by atoms with Crippen molar-refractivity contribution in [3.8, 4) is 0 Å². The van der Waals surface area contributed by atoms with Crippen molar-refractivity contribution >= 4 is 30.1 Å². The number of carboxylic acid groups (broad SMARTS) is 1. The van der Waals surface area contributed by atoms with E-state index in [2.05, 4.69) is 4.99 Å². The fourth-order valence-corrected chi connectivity index (χ4v) is 3.50. The predicted molar refractivity (Wildman–Crippen MR) is 104 cm³/mol. The number of fused-ring (bicyclic) bond motifs is 1. The Morgan fingerprint density at radius 2 is 1.59 bits per heavy atom. The summed E-state index contributed by atoms with van der Waals surface area (Å²) >= 11 is 0. The number of carboxylic acids is 1. The highest BCUT2D eigenvalue weighted by molar-refractivity contribution is 6.22. The number of amidine groups is 1. The molecule has 1 fully saturated rings. The maximum atomic E-state index is 13.0. The Hall–Kier alpha value is -3.81. The van der Waals surface area contributed by atoms with Crippen molar-refractivity contribution in [3.63, 3.8) is 0 Å². The maximum Gasteiger partial charge on any atom is 0.334 e. The van der Waals surface area contributed by atoms with Gasteiger partial charge in [0.05, 0.1) is 6.54 Å². The van der Waals surface area contributed by atoms with Gasteiger partial charge in [0, 0.05) is 0 Å². The van der Waals surface area contributed by atoms with Gasteiger partial charge in [0.25, 0.3) is 24.1 Å². The third-order valence-corrected chi connectivity index (χ3v) is 4.84. The predicted octanol–water partition coefficient (Wildman–Crippen LogP) is 1.56. The van der Waals surface area contributed by atoms with Gasteiger partial charge >= 0.3 is 12.0 Å². The standard InChI is InChI=1S/C21H18N4O4/c26-17(27)13-25-20(28)18-19(22-14-23(18)11-15-7-3-1-4-8-15)24(21(25)29)12-16-9-5-2-6-10-16/h1-10,14,18H,11-13H2/p+1. The van der Waals surface area contributed by atoms with Gasteiger partial charge in [-0.2, -0.15) is 0 Å². The zero-order valence-electron chi connectivity index (χ0n) is 15.5. The monoisotopic (exact) mass is 391 g/mol. The zero-order chi connectivity index (χ0) is 20.4. The van der Waals surface area contributed by atoms with Gasteiger partial charge in [-0.05, 0) is 16.1 Å². The molecule has 29 heavy (non-hydrogen) atoms. The Morgan fingerprint density at radius 3 is 2.21 bits per heavy atom. The Morgan fingerprint density at radius 1 is 0.966 bits per heavy atom. The molecule has 3 amide bonds. The van der Waals surface area contributed by atoms with E-state index in [9.17, 15) is 19.5 Å². The first-order valence-corrected chi connectivity index (χ1v) is 9.14. The second-order valence-electron chi connectivity index (χ2n) is 6.84. The van der Waals surface area contributed by atoms with E-state index in [1.165, 1.54) is 4.90 Å². The van der Waals surface area contributed by atoms with Crippen LogP contribution in [0.25, 0.3) is 0 Å². The summed E-state index contributed by atoms with van der Waals surface area (Å²) in [5, 5.41) is 9.20. The first-order valence-electron chi connectivity index (χ1n) is 9.14. The molecule has 1 saturated heterocycles. The number of imide groups is 1. The zero-order valence-corrected chi connectivity index (χ0v) is 15.5. The first kappa shape index (κ1) is 18.5. The molecule has 4 rings (SSSR count). The SMILES string of the molecule is O=C(O)CN1C(=O)C2C(=NC=[N+]2Cc2ccccc2)N(Cc2ccccc2)C1=O. The fraction of sp³-hybridized carbons (Fsp3) is 0.190. The summed E-state index contributed by atoms with van der Waals surface area (Å²) in [6, 6.07) is 17.4. The van der Waals surface area contributed by atoms with E-state index in [1.807, 2.05) is 60.7 Å². The summed E-state index contributed by atoms with van der Waals surface area (Å²) in [5.41, 5.74) is 1.83. The minimum Gasteiger partial charge on any atom is -0.480 e. The molecular formula is C21H19N4O4+. The van der Waals surface area contributed by atoms with Crippen LogP contribution in [0.2, 0.25) is 0 Å². The molecule has 0 bridgehead atoms. The maximum absolute atomic E-state index is 13.0. The van der Waals surface area contributed by atoms with Crippen LogP contribution < -0.4 is 0 Å². The molecule has 2 aromatic rings. The van der Waals surface area contributed by atoms with Gasteiger partial charge in [0.2, 0.25) is 0 Å². The normalized spacial score (nSPS) is 18.4. The molecular weight excluding hydrogens is 372 g/mol. The molecule has 1 atom stereocenters. The topological polar surface area (TPSA) is 93.3 Å². The van der Waals surface area contributed by atoms with Gasteiger partial charge in [-0.15, -0.1) is 0 Å². The quantitative estimate of drug-likeness (QED) is 0.757. The van der Waals surface area contributed by atoms with Gasteiger partial charge < -0.3 is 5.11 Å². The number of benzene rings is 2. The van der Waals surface area contributed by atoms with Crippen LogP contribution in [-0.4, -0.2) is 62.2 Å². The van der Waals surface area contributed by atoms with E-state index >= 15 is 0 Å². The average Bonchev–Trinajstić information content (AvgIpc) is 3.13. The minimum atomic E-state index is -1.25. The highest BCUT2D eigenvalue weighted by Crippen LogP contribution is 2.22. The van der Waals surface area contributed by atoms with Crippen molar-refractivity contribution in [1.82, 2.24) is 9.80 Å². The van der Waals surface area contributed by atoms with E-state index < -0.39 is 30.5 Å². The Labute approximate surface area is 167 Å². The fourth-order valence-electron chi connectivity index (χ4n) is 3.50. The lowest BCUT2D eigenvalue weighted by Gasteiger charge is -2.34. The average molecular weight is 391 g/mol. The second-order valence-corrected chi connectivity index (χ2v) is 6.84. The van der Waals surface area contributed by atoms with Crippen LogP contribution in [0.1, 0.15) is 11.1 Å². The molecule has 0 aliphatic carbocycles. The number of carbonyl (C=O) groups is 3. The van der Waals surface area contributed by atoms with E-state index in [0.29, 0.717) is 12.4 Å². The highest BCUT2D eigenvalue weighted by atomic mass is 16.4. The van der Waals surface area contributed by atoms with Gasteiger partial charge in [0.1, 0.15) is 13.1 Å². The number of aliphatic carboxylic acids is 1. The number of hydrogen-bond donors (Lipinski definition) is 1. The summed E-state index contributed by atoms with van der Waals surface area (Å²) in [7, 11) is 0. The number of urea groups is 1. The Balaban J connectivity index is 1.66. The third kappa shape index (κ3) is 3.64. The number of hydrogen-bond acceptors (Lipinski definition) is 4. The molecule has 2 aromatic carbocycles. The summed E-state index contributed by atoms with van der Waals surface area (Å²) in [5.74, 6) is -1.50. The van der Waals surface area contributed by atoms with Crippen LogP contribution in [0.4, 0.5) is 4.79 Å². The van der Waals surface area contributed by atoms with Crippen molar-refractivity contribution in [2.24, 2.45) is 4.99 Å². The van der Waals surface area contributed by atoms with E-state index in [1.54, 1.807) is 10.9 Å². The number of amides is 3. The molecule has 0 radical (unpaired) electrons. The van der Waals surface area contributed by atoms with Gasteiger partial charge in [-0.3, -0.25) is 14.5 Å². The van der Waals surface area contributed by atoms with E-state index in [0.717, 1.165) is 16.0 Å². The molecule has 8 heteroatoms. The number of rotatable bonds is 6. The van der Waals surface area contributed by atoms with Crippen molar-refractivity contribution < 1.29 is 24.1 Å². The third-order valence-electron chi connectivity index (χ3n) is 4.84. The molecule has 0 spiro atoms. The van der Waals surface area contributed by atoms with E-state index in [-0.39, 0.29) is 6.54 Å². The molecule has 0 aromatic heterocycles. The molecule has 1 N–H and O–H groups in total. The summed E-state index contributed by atoms with van der Waals surface area (Å²) in [4.78, 5) is 43.8. The minimum absolute atomic E-state index is 0.200. The molecule has 1 unspecified atom stereocenters. The summed E-state index contributed by atoms with van der Waals surface area (Å²) in [6.07, 6.45) is 1.54. The number of carbonyl (C=O) groups excluding carboxylic acids is 2. The lowest BCUT2D eigenvalue weighted by atomic mass is 10.1. The van der Waals surface area contributed by atoms with Gasteiger partial charge in [-0.25, -0.2) is 14.3 Å². The number of nitrogens with zero attached hydrogens (tertiary/aromatic N) is 4. The van der Waals surface area contributed by atoms with Crippen LogP contribution in [0, 0.1) is 0 Å². The smallest absolute Gasteiger partial charge is 0.334 e. The number of aliphatic imine (C=N–C) groups is 1.